The number of hydrogen-bond donors (Lipinski definition) is 2. The summed E-state index contributed by atoms with van der Waals surface area (Å²) < 4.78 is 17.2. The third kappa shape index (κ3) is 5.82. The van der Waals surface area contributed by atoms with E-state index in [-0.39, 0.29) is 11.8 Å². The summed E-state index contributed by atoms with van der Waals surface area (Å²) in [5.41, 5.74) is 1.72. The lowest BCUT2D eigenvalue weighted by Crippen LogP contribution is -2.48. The molecule has 3 heterocycles. The minimum Gasteiger partial charge on any atom is -0.489 e. The fourth-order valence-corrected chi connectivity index (χ4v) is 5.82. The molecule has 0 bridgehead atoms. The van der Waals surface area contributed by atoms with Crippen molar-refractivity contribution in [2.45, 2.75) is 50.4 Å². The maximum Gasteiger partial charge on any atom is 0.225 e. The number of ether oxygens (including phenoxy) is 3. The fourth-order valence-electron chi connectivity index (χ4n) is 5.60. The molecular weight excluding hydrogens is 506 g/mol. The van der Waals surface area contributed by atoms with E-state index < -0.39 is 12.1 Å². The zero-order valence-corrected chi connectivity index (χ0v) is 22.4. The highest BCUT2D eigenvalue weighted by Gasteiger charge is 2.33. The maximum atomic E-state index is 13.5. The highest BCUT2D eigenvalue weighted by atomic mass is 35.5. The number of likely N-dealkylation sites (tertiary alicyclic amines) is 1. The van der Waals surface area contributed by atoms with E-state index in [9.17, 15) is 9.90 Å². The van der Waals surface area contributed by atoms with Crippen molar-refractivity contribution >= 4 is 23.2 Å². The molecule has 3 atom stereocenters. The minimum atomic E-state index is -0.856. The van der Waals surface area contributed by atoms with E-state index in [1.54, 1.807) is 0 Å². The molecule has 1 aliphatic carbocycles. The van der Waals surface area contributed by atoms with Gasteiger partial charge in [-0.3, -0.25) is 4.79 Å². The normalized spacial score (nSPS) is 22.8. The minimum absolute atomic E-state index is 0.0203. The first kappa shape index (κ1) is 25.6. The Kier molecular flexibility index (Phi) is 7.54. The Hall–Kier alpha value is -2.68. The first-order chi connectivity index (χ1) is 18.5. The number of hydrogen-bond acceptors (Lipinski definition) is 7. The van der Waals surface area contributed by atoms with Gasteiger partial charge in [-0.05, 0) is 81.1 Å². The zero-order chi connectivity index (χ0) is 26.1. The van der Waals surface area contributed by atoms with Crippen molar-refractivity contribution in [3.05, 3.63) is 47.0 Å². The number of anilines is 1. The van der Waals surface area contributed by atoms with Crippen LogP contribution in [0.3, 0.4) is 0 Å². The molecule has 1 amide bonds. The van der Waals surface area contributed by atoms with Crippen molar-refractivity contribution in [2.24, 2.45) is 5.92 Å². The molecule has 2 aromatic carbocycles. The van der Waals surface area contributed by atoms with Gasteiger partial charge in [0.2, 0.25) is 5.91 Å². The summed E-state index contributed by atoms with van der Waals surface area (Å²) in [7, 11) is 0. The van der Waals surface area contributed by atoms with Crippen molar-refractivity contribution in [1.29, 1.82) is 0 Å². The summed E-state index contributed by atoms with van der Waals surface area (Å²) in [5.74, 6) is 1.87. The monoisotopic (exact) mass is 541 g/mol. The zero-order valence-electron chi connectivity index (χ0n) is 21.6. The average Bonchev–Trinajstić information content (AvgIpc) is 3.37. The summed E-state index contributed by atoms with van der Waals surface area (Å²) in [6, 6.07) is 11.0. The number of halogens is 1. The second-order valence-electron chi connectivity index (χ2n) is 10.8. The van der Waals surface area contributed by atoms with Gasteiger partial charge in [-0.15, -0.1) is 0 Å². The molecule has 1 saturated carbocycles. The number of nitrogens with one attached hydrogen (secondary N) is 1. The largest absolute Gasteiger partial charge is 0.489 e. The average molecular weight is 542 g/mol. The third-order valence-corrected chi connectivity index (χ3v) is 8.22. The lowest BCUT2D eigenvalue weighted by molar-refractivity contribution is -0.126. The van der Waals surface area contributed by atoms with Crippen molar-refractivity contribution < 1.29 is 24.1 Å². The van der Waals surface area contributed by atoms with Gasteiger partial charge in [-0.2, -0.15) is 0 Å². The lowest BCUT2D eigenvalue weighted by Gasteiger charge is -2.30. The summed E-state index contributed by atoms with van der Waals surface area (Å²) >= 11 is 6.49. The Morgan fingerprint density at radius 2 is 1.84 bits per heavy atom. The van der Waals surface area contributed by atoms with Crippen LogP contribution in [0.1, 0.15) is 43.8 Å². The molecule has 3 fully saturated rings. The summed E-state index contributed by atoms with van der Waals surface area (Å²) in [6.07, 6.45) is 4.65. The molecule has 0 radical (unpaired) electrons. The van der Waals surface area contributed by atoms with Crippen LogP contribution in [0.5, 0.6) is 17.2 Å². The second kappa shape index (κ2) is 11.2. The topological polar surface area (TPSA) is 83.5 Å². The summed E-state index contributed by atoms with van der Waals surface area (Å²) in [5, 5.41) is 15.2. The number of amides is 1. The Labute approximate surface area is 228 Å². The van der Waals surface area contributed by atoms with Gasteiger partial charge < -0.3 is 34.4 Å². The highest BCUT2D eigenvalue weighted by Crippen LogP contribution is 2.36. The van der Waals surface area contributed by atoms with E-state index in [0.717, 1.165) is 68.7 Å². The van der Waals surface area contributed by atoms with Crippen molar-refractivity contribution in [1.82, 2.24) is 10.2 Å². The number of rotatable bonds is 9. The van der Waals surface area contributed by atoms with E-state index in [1.807, 2.05) is 36.4 Å². The summed E-state index contributed by atoms with van der Waals surface area (Å²) in [6.45, 7) is 4.97. The van der Waals surface area contributed by atoms with Crippen molar-refractivity contribution in [2.75, 3.05) is 50.8 Å². The van der Waals surface area contributed by atoms with Crippen LogP contribution in [0.4, 0.5) is 5.69 Å². The van der Waals surface area contributed by atoms with E-state index in [4.69, 9.17) is 25.8 Å². The van der Waals surface area contributed by atoms with Crippen LogP contribution in [0.25, 0.3) is 0 Å². The first-order valence-corrected chi connectivity index (χ1v) is 14.2. The summed E-state index contributed by atoms with van der Waals surface area (Å²) in [4.78, 5) is 18.0. The van der Waals surface area contributed by atoms with Gasteiger partial charge in [0.25, 0.3) is 0 Å². The molecule has 6 rings (SSSR count). The van der Waals surface area contributed by atoms with Crippen LogP contribution in [0.2, 0.25) is 5.02 Å². The quantitative estimate of drug-likeness (QED) is 0.500. The van der Waals surface area contributed by atoms with Crippen molar-refractivity contribution in [3.8, 4) is 17.2 Å². The number of aliphatic hydroxyl groups is 1. The Bertz CT molecular complexity index is 1150. The van der Waals surface area contributed by atoms with Gasteiger partial charge in [0.1, 0.15) is 25.1 Å². The van der Waals surface area contributed by atoms with E-state index >= 15 is 0 Å². The molecule has 2 aromatic rings. The standard InChI is InChI=1S/C29H36ClN3O5/c30-23-16-21(4-8-25(23)38-22-5-6-22)33-12-9-20(17-33)29(35)31-24(18-32-10-1-2-11-32)28(34)19-3-7-26-27(15-19)37-14-13-36-26/h3-4,7-8,15-16,20,22,24,28,34H,1-2,5-6,9-14,17-18H2,(H,31,35)/t20-,24+,28+/m0/s1. The maximum absolute atomic E-state index is 13.5. The van der Waals surface area contributed by atoms with E-state index in [2.05, 4.69) is 15.1 Å². The van der Waals surface area contributed by atoms with Crippen LogP contribution >= 0.6 is 11.6 Å². The number of carbonyl (C=O) groups excluding carboxylic acids is 1. The second-order valence-corrected chi connectivity index (χ2v) is 11.2. The molecular formula is C29H36ClN3O5. The smallest absolute Gasteiger partial charge is 0.225 e. The van der Waals surface area contributed by atoms with E-state index in [1.165, 1.54) is 0 Å². The third-order valence-electron chi connectivity index (χ3n) is 7.93. The molecule has 0 aromatic heterocycles. The van der Waals surface area contributed by atoms with Gasteiger partial charge in [0.15, 0.2) is 11.5 Å². The van der Waals surface area contributed by atoms with Gasteiger partial charge in [0, 0.05) is 25.3 Å². The van der Waals surface area contributed by atoms with Crippen LogP contribution < -0.4 is 24.4 Å². The van der Waals surface area contributed by atoms with Crippen LogP contribution in [0, 0.1) is 5.92 Å². The number of benzene rings is 2. The van der Waals surface area contributed by atoms with E-state index in [0.29, 0.717) is 48.9 Å². The lowest BCUT2D eigenvalue weighted by atomic mass is 9.99. The van der Waals surface area contributed by atoms with Crippen molar-refractivity contribution in [3.63, 3.8) is 0 Å². The predicted molar refractivity (Wildman–Crippen MR) is 145 cm³/mol. The Morgan fingerprint density at radius 3 is 2.61 bits per heavy atom. The first-order valence-electron chi connectivity index (χ1n) is 13.8. The Balaban J connectivity index is 1.12. The van der Waals surface area contributed by atoms with Gasteiger partial charge in [-0.25, -0.2) is 0 Å². The van der Waals surface area contributed by atoms with Gasteiger partial charge in [-0.1, -0.05) is 17.7 Å². The molecule has 9 heteroatoms. The Morgan fingerprint density at radius 1 is 1.05 bits per heavy atom. The number of nitrogens with zero attached hydrogens (tertiary/aromatic N) is 2. The van der Waals surface area contributed by atoms with Crippen LogP contribution in [-0.2, 0) is 4.79 Å². The van der Waals surface area contributed by atoms with Gasteiger partial charge >= 0.3 is 0 Å². The van der Waals surface area contributed by atoms with Crippen LogP contribution in [0.15, 0.2) is 36.4 Å². The highest BCUT2D eigenvalue weighted by molar-refractivity contribution is 6.32. The van der Waals surface area contributed by atoms with Gasteiger partial charge in [0.05, 0.1) is 23.1 Å². The predicted octanol–water partition coefficient (Wildman–Crippen LogP) is 3.79. The number of aliphatic hydroxyl groups excluding tert-OH is 1. The number of carbonyl (C=O) groups is 1. The SMILES string of the molecule is O=C(N[C@H](CN1CCCC1)[C@H](O)c1ccc2c(c1)OCCO2)[C@H]1CCN(c2ccc(OC3CC3)c(Cl)c2)C1. The molecule has 204 valence electrons. The number of fused-ring (bicyclic) bond motifs is 1. The molecule has 2 saturated heterocycles. The molecule has 4 aliphatic rings. The molecule has 38 heavy (non-hydrogen) atoms. The van der Waals surface area contributed by atoms with Crippen LogP contribution in [-0.4, -0.2) is 74.0 Å². The molecule has 8 nitrogen and oxygen atoms in total. The molecule has 3 aliphatic heterocycles. The molecule has 0 spiro atoms. The molecule has 0 unspecified atom stereocenters. The molecule has 2 N–H and O–H groups in total. The fraction of sp³-hybridized carbons (Fsp3) is 0.552.